The highest BCUT2D eigenvalue weighted by molar-refractivity contribution is 6.01. The number of carbonyl (C=O) groups is 2. The molecule has 3 rings (SSSR count). The van der Waals surface area contributed by atoms with Crippen LogP contribution in [0.1, 0.15) is 15.9 Å². The highest BCUT2D eigenvalue weighted by atomic mass is 16.5. The average molecular weight is 281 g/mol. The predicted octanol–water partition coefficient (Wildman–Crippen LogP) is 2.43. The molecule has 0 spiro atoms. The molecule has 1 atom stereocenters. The number of likely N-dealkylation sites (N-methyl/N-ethyl adjacent to an activating group) is 1. The second-order valence-corrected chi connectivity index (χ2v) is 4.99. The Balaban J connectivity index is 1.83. The standard InChI is InChI=1S/C17H15NO3/c1-18(13-8-3-2-4-9-13)16(19)15-11-12-7-5-6-10-14(12)17(20)21-15/h2-10,15H,11H2,1H3. The number of anilines is 1. The number of carbonyl (C=O) groups excluding carboxylic acids is 2. The Labute approximate surface area is 123 Å². The number of cyclic esters (lactones) is 1. The minimum absolute atomic E-state index is 0.218. The van der Waals surface area contributed by atoms with Crippen LogP contribution in [0.4, 0.5) is 5.69 Å². The summed E-state index contributed by atoms with van der Waals surface area (Å²) in [6.45, 7) is 0. The molecule has 0 aliphatic carbocycles. The van der Waals surface area contributed by atoms with Crippen LogP contribution in [0.3, 0.4) is 0 Å². The first-order chi connectivity index (χ1) is 10.2. The quantitative estimate of drug-likeness (QED) is 0.794. The average Bonchev–Trinajstić information content (AvgIpc) is 2.54. The van der Waals surface area contributed by atoms with Gasteiger partial charge in [0.25, 0.3) is 5.91 Å². The Kier molecular flexibility index (Phi) is 3.44. The molecular weight excluding hydrogens is 266 g/mol. The Bertz CT molecular complexity index is 681. The van der Waals surface area contributed by atoms with Crippen molar-refractivity contribution in [2.75, 3.05) is 11.9 Å². The van der Waals surface area contributed by atoms with Crippen LogP contribution in [0, 0.1) is 0 Å². The number of benzene rings is 2. The number of amides is 1. The lowest BCUT2D eigenvalue weighted by atomic mass is 9.98. The van der Waals surface area contributed by atoms with Gasteiger partial charge in [0.1, 0.15) is 0 Å². The largest absolute Gasteiger partial charge is 0.448 e. The van der Waals surface area contributed by atoms with E-state index in [9.17, 15) is 9.59 Å². The zero-order valence-corrected chi connectivity index (χ0v) is 11.7. The maximum atomic E-state index is 12.5. The van der Waals surface area contributed by atoms with E-state index in [1.165, 1.54) is 4.90 Å². The molecule has 1 amide bonds. The predicted molar refractivity (Wildman–Crippen MR) is 79.2 cm³/mol. The third-order valence-electron chi connectivity index (χ3n) is 3.64. The molecule has 0 fully saturated rings. The van der Waals surface area contributed by atoms with Crippen molar-refractivity contribution in [1.29, 1.82) is 0 Å². The molecule has 0 saturated heterocycles. The molecule has 0 radical (unpaired) electrons. The van der Waals surface area contributed by atoms with Crippen molar-refractivity contribution in [3.05, 3.63) is 65.7 Å². The summed E-state index contributed by atoms with van der Waals surface area (Å²) < 4.78 is 5.29. The third-order valence-corrected chi connectivity index (χ3v) is 3.64. The first-order valence-corrected chi connectivity index (χ1v) is 6.78. The molecule has 106 valence electrons. The molecule has 4 heteroatoms. The first-order valence-electron chi connectivity index (χ1n) is 6.78. The fraction of sp³-hybridized carbons (Fsp3) is 0.176. The zero-order valence-electron chi connectivity index (χ0n) is 11.7. The Morgan fingerprint density at radius 2 is 1.76 bits per heavy atom. The maximum absolute atomic E-state index is 12.5. The summed E-state index contributed by atoms with van der Waals surface area (Å²) in [5.74, 6) is -0.652. The molecule has 0 N–H and O–H groups in total. The van der Waals surface area contributed by atoms with Crippen molar-refractivity contribution in [2.45, 2.75) is 12.5 Å². The van der Waals surface area contributed by atoms with Crippen molar-refractivity contribution >= 4 is 17.6 Å². The third kappa shape index (κ3) is 2.52. The van der Waals surface area contributed by atoms with Crippen LogP contribution >= 0.6 is 0 Å². The molecule has 21 heavy (non-hydrogen) atoms. The molecule has 1 aliphatic heterocycles. The summed E-state index contributed by atoms with van der Waals surface area (Å²) in [6, 6.07) is 16.5. The van der Waals surface area contributed by atoms with Gasteiger partial charge in [-0.1, -0.05) is 36.4 Å². The van der Waals surface area contributed by atoms with Gasteiger partial charge in [0, 0.05) is 19.2 Å². The van der Waals surface area contributed by atoms with Crippen LogP contribution in [0.5, 0.6) is 0 Å². The summed E-state index contributed by atoms with van der Waals surface area (Å²) in [5, 5.41) is 0. The van der Waals surface area contributed by atoms with E-state index in [0.717, 1.165) is 11.3 Å². The summed E-state index contributed by atoms with van der Waals surface area (Å²) in [4.78, 5) is 26.0. The molecule has 0 saturated carbocycles. The number of nitrogens with zero attached hydrogens (tertiary/aromatic N) is 1. The molecule has 0 aromatic heterocycles. The zero-order chi connectivity index (χ0) is 14.8. The second-order valence-electron chi connectivity index (χ2n) is 4.99. The Hall–Kier alpha value is -2.62. The van der Waals surface area contributed by atoms with Gasteiger partial charge in [-0.05, 0) is 23.8 Å². The molecule has 4 nitrogen and oxygen atoms in total. The van der Waals surface area contributed by atoms with Gasteiger partial charge >= 0.3 is 5.97 Å². The lowest BCUT2D eigenvalue weighted by molar-refractivity contribution is -0.127. The van der Waals surface area contributed by atoms with Crippen LogP contribution in [0.2, 0.25) is 0 Å². The molecule has 1 aliphatic rings. The van der Waals surface area contributed by atoms with Gasteiger partial charge < -0.3 is 9.64 Å². The molecule has 1 unspecified atom stereocenters. The summed E-state index contributed by atoms with van der Waals surface area (Å²) in [5.41, 5.74) is 2.18. The van der Waals surface area contributed by atoms with Gasteiger partial charge in [-0.25, -0.2) is 4.79 Å². The van der Waals surface area contributed by atoms with Gasteiger partial charge in [-0.3, -0.25) is 4.79 Å². The number of ether oxygens (including phenoxy) is 1. The van der Waals surface area contributed by atoms with Crippen LogP contribution in [-0.2, 0) is 16.0 Å². The lowest BCUT2D eigenvalue weighted by Gasteiger charge is -2.27. The highest BCUT2D eigenvalue weighted by Gasteiger charge is 2.33. The fourth-order valence-corrected chi connectivity index (χ4v) is 2.46. The van der Waals surface area contributed by atoms with Gasteiger partial charge in [-0.2, -0.15) is 0 Å². The fourth-order valence-electron chi connectivity index (χ4n) is 2.46. The van der Waals surface area contributed by atoms with E-state index in [-0.39, 0.29) is 5.91 Å². The van der Waals surface area contributed by atoms with Crippen molar-refractivity contribution < 1.29 is 14.3 Å². The van der Waals surface area contributed by atoms with Crippen molar-refractivity contribution in [1.82, 2.24) is 0 Å². The van der Waals surface area contributed by atoms with Crippen molar-refractivity contribution in [3.63, 3.8) is 0 Å². The van der Waals surface area contributed by atoms with E-state index >= 15 is 0 Å². The van der Waals surface area contributed by atoms with Crippen LogP contribution in [-0.4, -0.2) is 25.0 Å². The SMILES string of the molecule is CN(C(=O)C1Cc2ccccc2C(=O)O1)c1ccccc1. The normalized spacial score (nSPS) is 16.8. The number of esters is 1. The Morgan fingerprint density at radius 1 is 1.10 bits per heavy atom. The van der Waals surface area contributed by atoms with Crippen molar-refractivity contribution in [3.8, 4) is 0 Å². The molecule has 2 aromatic carbocycles. The monoisotopic (exact) mass is 281 g/mol. The Morgan fingerprint density at radius 3 is 2.52 bits per heavy atom. The number of fused-ring (bicyclic) bond motifs is 1. The van der Waals surface area contributed by atoms with Gasteiger partial charge in [-0.15, -0.1) is 0 Å². The van der Waals surface area contributed by atoms with E-state index in [1.54, 1.807) is 19.2 Å². The van der Waals surface area contributed by atoms with E-state index < -0.39 is 12.1 Å². The lowest BCUT2D eigenvalue weighted by Crippen LogP contribution is -2.42. The van der Waals surface area contributed by atoms with Gasteiger partial charge in [0.05, 0.1) is 5.56 Å². The van der Waals surface area contributed by atoms with Crippen LogP contribution < -0.4 is 4.90 Å². The number of hydrogen-bond acceptors (Lipinski definition) is 3. The van der Waals surface area contributed by atoms with E-state index in [0.29, 0.717) is 12.0 Å². The summed E-state index contributed by atoms with van der Waals surface area (Å²) in [7, 11) is 1.69. The van der Waals surface area contributed by atoms with Gasteiger partial charge in [0.15, 0.2) is 6.10 Å². The van der Waals surface area contributed by atoms with E-state index in [2.05, 4.69) is 0 Å². The highest BCUT2D eigenvalue weighted by Crippen LogP contribution is 2.23. The topological polar surface area (TPSA) is 46.6 Å². The van der Waals surface area contributed by atoms with E-state index in [4.69, 9.17) is 4.74 Å². The molecular formula is C17H15NO3. The number of para-hydroxylation sites is 1. The smallest absolute Gasteiger partial charge is 0.339 e. The maximum Gasteiger partial charge on any atom is 0.339 e. The van der Waals surface area contributed by atoms with Gasteiger partial charge in [0.2, 0.25) is 0 Å². The number of rotatable bonds is 2. The van der Waals surface area contributed by atoms with Crippen LogP contribution in [0.15, 0.2) is 54.6 Å². The van der Waals surface area contributed by atoms with Crippen molar-refractivity contribution in [2.24, 2.45) is 0 Å². The molecule has 1 heterocycles. The number of hydrogen-bond donors (Lipinski definition) is 0. The summed E-state index contributed by atoms with van der Waals surface area (Å²) in [6.07, 6.45) is -0.352. The molecule has 2 aromatic rings. The first kappa shape index (κ1) is 13.4. The summed E-state index contributed by atoms with van der Waals surface area (Å²) >= 11 is 0. The minimum atomic E-state index is -0.766. The minimum Gasteiger partial charge on any atom is -0.448 e. The van der Waals surface area contributed by atoms with E-state index in [1.807, 2.05) is 42.5 Å². The second kappa shape index (κ2) is 5.40. The molecule has 0 bridgehead atoms. The van der Waals surface area contributed by atoms with Crippen LogP contribution in [0.25, 0.3) is 0 Å².